The first kappa shape index (κ1) is 13.0. The van der Waals surface area contributed by atoms with Gasteiger partial charge in [-0.1, -0.05) is 6.07 Å². The summed E-state index contributed by atoms with van der Waals surface area (Å²) in [7, 11) is 3.70. The van der Waals surface area contributed by atoms with Gasteiger partial charge in [-0.25, -0.2) is 0 Å². The smallest absolute Gasteiger partial charge is 0.231 e. The first-order valence-electron chi connectivity index (χ1n) is 5.89. The molecule has 0 radical (unpaired) electrons. The summed E-state index contributed by atoms with van der Waals surface area (Å²) >= 11 is 0. The van der Waals surface area contributed by atoms with E-state index in [0.717, 1.165) is 11.3 Å². The van der Waals surface area contributed by atoms with E-state index < -0.39 is 0 Å². The predicted molar refractivity (Wildman–Crippen MR) is 74.9 cm³/mol. The third-order valence-corrected chi connectivity index (χ3v) is 2.46. The maximum atomic E-state index is 5.64. The molecule has 0 saturated heterocycles. The molecule has 2 aromatic heterocycles. The van der Waals surface area contributed by atoms with Gasteiger partial charge in [-0.3, -0.25) is 4.98 Å². The van der Waals surface area contributed by atoms with E-state index in [0.29, 0.717) is 18.4 Å². The number of hydrogen-bond donors (Lipinski definition) is 2. The molecule has 0 fully saturated rings. The molecule has 100 valence electrons. The number of anilines is 3. The highest BCUT2D eigenvalue weighted by Crippen LogP contribution is 2.10. The zero-order valence-electron chi connectivity index (χ0n) is 11.3. The molecule has 0 aliphatic heterocycles. The number of rotatable bonds is 4. The van der Waals surface area contributed by atoms with Crippen molar-refractivity contribution in [2.45, 2.75) is 13.5 Å². The van der Waals surface area contributed by atoms with Crippen LogP contribution in [0.1, 0.15) is 11.3 Å². The van der Waals surface area contributed by atoms with Crippen molar-refractivity contribution in [1.29, 1.82) is 0 Å². The van der Waals surface area contributed by atoms with Gasteiger partial charge in [0.2, 0.25) is 17.8 Å². The highest BCUT2D eigenvalue weighted by molar-refractivity contribution is 5.41. The lowest BCUT2D eigenvalue weighted by Crippen LogP contribution is -2.16. The van der Waals surface area contributed by atoms with Crippen LogP contribution < -0.4 is 16.0 Å². The molecule has 0 unspecified atom stereocenters. The fourth-order valence-corrected chi connectivity index (χ4v) is 1.44. The molecule has 7 heteroatoms. The molecular formula is C12H17N7. The number of pyridine rings is 1. The Kier molecular flexibility index (Phi) is 3.74. The van der Waals surface area contributed by atoms with Crippen LogP contribution in [0.3, 0.4) is 0 Å². The molecule has 0 aliphatic rings. The molecule has 2 aromatic rings. The first-order valence-corrected chi connectivity index (χ1v) is 5.89. The minimum Gasteiger partial charge on any atom is -0.368 e. The molecule has 2 heterocycles. The van der Waals surface area contributed by atoms with Crippen LogP contribution in [0.2, 0.25) is 0 Å². The van der Waals surface area contributed by atoms with Gasteiger partial charge in [-0.2, -0.15) is 15.0 Å². The highest BCUT2D eigenvalue weighted by Gasteiger charge is 2.05. The Morgan fingerprint density at radius 2 is 2.00 bits per heavy atom. The van der Waals surface area contributed by atoms with Crippen LogP contribution in [0.15, 0.2) is 18.3 Å². The van der Waals surface area contributed by atoms with Crippen molar-refractivity contribution in [3.8, 4) is 0 Å². The van der Waals surface area contributed by atoms with E-state index in [9.17, 15) is 0 Å². The summed E-state index contributed by atoms with van der Waals surface area (Å²) in [6, 6.07) is 3.97. The second-order valence-corrected chi connectivity index (χ2v) is 4.37. The Morgan fingerprint density at radius 1 is 1.21 bits per heavy atom. The zero-order valence-corrected chi connectivity index (χ0v) is 11.3. The van der Waals surface area contributed by atoms with Gasteiger partial charge >= 0.3 is 0 Å². The molecule has 2 rings (SSSR count). The Morgan fingerprint density at radius 3 is 2.63 bits per heavy atom. The van der Waals surface area contributed by atoms with E-state index >= 15 is 0 Å². The largest absolute Gasteiger partial charge is 0.368 e. The lowest BCUT2D eigenvalue weighted by Gasteiger charge is -2.12. The second kappa shape index (κ2) is 5.47. The van der Waals surface area contributed by atoms with Crippen molar-refractivity contribution in [3.63, 3.8) is 0 Å². The molecule has 3 N–H and O–H groups in total. The number of nitrogens with one attached hydrogen (secondary N) is 1. The summed E-state index contributed by atoms with van der Waals surface area (Å²) < 4.78 is 0. The van der Waals surface area contributed by atoms with Gasteiger partial charge in [0, 0.05) is 32.5 Å². The summed E-state index contributed by atoms with van der Waals surface area (Å²) in [5, 5.41) is 3.11. The summed E-state index contributed by atoms with van der Waals surface area (Å²) in [6.07, 6.45) is 1.82. The number of nitrogens with two attached hydrogens (primary N) is 1. The van der Waals surface area contributed by atoms with Gasteiger partial charge in [-0.15, -0.1) is 0 Å². The Labute approximate surface area is 111 Å². The van der Waals surface area contributed by atoms with Crippen LogP contribution in [-0.4, -0.2) is 34.0 Å². The van der Waals surface area contributed by atoms with Gasteiger partial charge in [0.25, 0.3) is 0 Å². The Hall–Kier alpha value is -2.44. The number of nitrogens with zero attached hydrogens (tertiary/aromatic N) is 5. The minimum absolute atomic E-state index is 0.197. The molecule has 7 nitrogen and oxygen atoms in total. The molecule has 19 heavy (non-hydrogen) atoms. The summed E-state index contributed by atoms with van der Waals surface area (Å²) in [4.78, 5) is 18.3. The topological polar surface area (TPSA) is 92.8 Å². The molecule has 0 amide bonds. The molecule has 0 aliphatic carbocycles. The van der Waals surface area contributed by atoms with Crippen molar-refractivity contribution >= 4 is 17.8 Å². The van der Waals surface area contributed by atoms with Crippen molar-refractivity contribution in [2.75, 3.05) is 30.0 Å². The first-order chi connectivity index (χ1) is 9.04. The van der Waals surface area contributed by atoms with Gasteiger partial charge in [0.1, 0.15) is 0 Å². The number of aryl methyl sites for hydroxylation is 1. The van der Waals surface area contributed by atoms with E-state index in [1.54, 1.807) is 4.90 Å². The lowest BCUT2D eigenvalue weighted by molar-refractivity contribution is 0.948. The summed E-state index contributed by atoms with van der Waals surface area (Å²) in [5.74, 6) is 1.18. The van der Waals surface area contributed by atoms with Crippen LogP contribution in [0.25, 0.3) is 0 Å². The fraction of sp³-hybridized carbons (Fsp3) is 0.333. The molecule has 0 bridgehead atoms. The van der Waals surface area contributed by atoms with E-state index in [4.69, 9.17) is 5.73 Å². The average molecular weight is 259 g/mol. The van der Waals surface area contributed by atoms with Crippen LogP contribution in [-0.2, 0) is 6.54 Å². The van der Waals surface area contributed by atoms with Crippen molar-refractivity contribution in [2.24, 2.45) is 0 Å². The maximum absolute atomic E-state index is 5.64. The second-order valence-electron chi connectivity index (χ2n) is 4.37. The van der Waals surface area contributed by atoms with Crippen LogP contribution in [0.4, 0.5) is 17.8 Å². The SMILES string of the molecule is Cc1ccc(CNc2nc(N)nc(N(C)C)n2)cn1. The summed E-state index contributed by atoms with van der Waals surface area (Å²) in [5.41, 5.74) is 7.69. The van der Waals surface area contributed by atoms with Crippen LogP contribution in [0.5, 0.6) is 0 Å². The van der Waals surface area contributed by atoms with Gasteiger partial charge in [-0.05, 0) is 18.6 Å². The molecule has 0 aromatic carbocycles. The lowest BCUT2D eigenvalue weighted by atomic mass is 10.2. The van der Waals surface area contributed by atoms with Gasteiger partial charge in [0.05, 0.1) is 0 Å². The van der Waals surface area contributed by atoms with E-state index in [1.165, 1.54) is 0 Å². The molecule has 0 spiro atoms. The number of aromatic nitrogens is 4. The summed E-state index contributed by atoms with van der Waals surface area (Å²) in [6.45, 7) is 2.54. The Balaban J connectivity index is 2.08. The maximum Gasteiger partial charge on any atom is 0.231 e. The van der Waals surface area contributed by atoms with Crippen LogP contribution >= 0.6 is 0 Å². The van der Waals surface area contributed by atoms with Crippen molar-refractivity contribution < 1.29 is 0 Å². The van der Waals surface area contributed by atoms with Crippen molar-refractivity contribution in [3.05, 3.63) is 29.6 Å². The average Bonchev–Trinajstić information content (AvgIpc) is 2.37. The van der Waals surface area contributed by atoms with Gasteiger partial charge in [0.15, 0.2) is 0 Å². The van der Waals surface area contributed by atoms with Gasteiger partial charge < -0.3 is 16.0 Å². The minimum atomic E-state index is 0.197. The number of hydrogen-bond acceptors (Lipinski definition) is 7. The molecule has 0 saturated carbocycles. The third kappa shape index (κ3) is 3.51. The molecular weight excluding hydrogens is 242 g/mol. The van der Waals surface area contributed by atoms with E-state index in [2.05, 4.69) is 25.3 Å². The highest BCUT2D eigenvalue weighted by atomic mass is 15.3. The van der Waals surface area contributed by atoms with Crippen LogP contribution in [0, 0.1) is 6.92 Å². The quantitative estimate of drug-likeness (QED) is 0.840. The Bertz CT molecular complexity index is 551. The van der Waals surface area contributed by atoms with E-state index in [-0.39, 0.29) is 5.95 Å². The van der Waals surface area contributed by atoms with E-state index in [1.807, 2.05) is 39.3 Å². The standard InChI is InChI=1S/C12H17N7/c1-8-4-5-9(6-14-8)7-15-11-16-10(13)17-12(18-11)19(2)3/h4-6H,7H2,1-3H3,(H3,13,15,16,17,18). The van der Waals surface area contributed by atoms with Crippen molar-refractivity contribution in [1.82, 2.24) is 19.9 Å². The third-order valence-electron chi connectivity index (χ3n) is 2.46. The predicted octanol–water partition coefficient (Wildman–Crippen LogP) is 0.835. The monoisotopic (exact) mass is 259 g/mol. The number of nitrogen functional groups attached to an aromatic ring is 1. The fourth-order valence-electron chi connectivity index (χ4n) is 1.44. The molecule has 0 atom stereocenters. The normalized spacial score (nSPS) is 10.3. The zero-order chi connectivity index (χ0) is 13.8.